The molecule has 0 amide bonds. The lowest BCUT2D eigenvalue weighted by molar-refractivity contribution is -0.160. The molecule has 0 spiro atoms. The minimum Gasteiger partial charge on any atom is -0.462 e. The Hall–Kier alpha value is -2.31. The third kappa shape index (κ3) is 5.54. The molecule has 0 aliphatic carbocycles. The molecule has 2 heterocycles. The second-order valence-electron chi connectivity index (χ2n) is 9.21. The number of cyclic esters (lactones) is 1. The highest BCUT2D eigenvalue weighted by molar-refractivity contribution is 5.73. The van der Waals surface area contributed by atoms with Gasteiger partial charge in [-0.15, -0.1) is 0 Å². The molecule has 6 heteroatoms. The smallest absolute Gasteiger partial charge is 0.308 e. The second-order valence-corrected chi connectivity index (χ2v) is 9.21. The van der Waals surface area contributed by atoms with Gasteiger partial charge in [0.1, 0.15) is 11.9 Å². The fourth-order valence-corrected chi connectivity index (χ4v) is 4.51. The summed E-state index contributed by atoms with van der Waals surface area (Å²) in [6.07, 6.45) is 0.725. The Kier molecular flexibility index (Phi) is 8.01. The lowest BCUT2D eigenvalue weighted by Gasteiger charge is -2.28. The van der Waals surface area contributed by atoms with E-state index in [1.54, 1.807) is 19.2 Å². The van der Waals surface area contributed by atoms with Gasteiger partial charge in [0, 0.05) is 30.5 Å². The molecule has 0 saturated carbocycles. The van der Waals surface area contributed by atoms with Crippen LogP contribution in [-0.4, -0.2) is 35.4 Å². The largest absolute Gasteiger partial charge is 0.462 e. The van der Waals surface area contributed by atoms with E-state index >= 15 is 0 Å². The van der Waals surface area contributed by atoms with Gasteiger partial charge in [0.15, 0.2) is 0 Å². The zero-order valence-electron chi connectivity index (χ0n) is 19.7. The van der Waals surface area contributed by atoms with E-state index in [-0.39, 0.29) is 36.1 Å². The first-order valence-corrected chi connectivity index (χ1v) is 11.4. The average molecular weight is 444 g/mol. The number of aliphatic hydroxyl groups is 1. The van der Waals surface area contributed by atoms with Crippen molar-refractivity contribution in [2.24, 2.45) is 0 Å². The van der Waals surface area contributed by atoms with Crippen LogP contribution in [0.2, 0.25) is 0 Å². The molecule has 1 aromatic carbocycles. The second kappa shape index (κ2) is 10.5. The van der Waals surface area contributed by atoms with Gasteiger partial charge < -0.3 is 14.6 Å². The van der Waals surface area contributed by atoms with Crippen molar-refractivity contribution >= 4 is 5.97 Å². The molecule has 0 unspecified atom stereocenters. The van der Waals surface area contributed by atoms with Gasteiger partial charge in [-0.25, -0.2) is 4.39 Å². The summed E-state index contributed by atoms with van der Waals surface area (Å²) in [7, 11) is 1.66. The maximum absolute atomic E-state index is 13.7. The van der Waals surface area contributed by atoms with Crippen molar-refractivity contribution < 1.29 is 23.8 Å². The van der Waals surface area contributed by atoms with E-state index in [1.165, 1.54) is 12.1 Å². The number of aliphatic hydroxyl groups excluding tert-OH is 1. The van der Waals surface area contributed by atoms with Gasteiger partial charge in [0.2, 0.25) is 0 Å². The minimum absolute atomic E-state index is 0.0528. The summed E-state index contributed by atoms with van der Waals surface area (Å²) in [5.74, 6) is -0.267. The van der Waals surface area contributed by atoms with Gasteiger partial charge in [0.25, 0.3) is 0 Å². The first-order chi connectivity index (χ1) is 15.2. The molecule has 32 heavy (non-hydrogen) atoms. The zero-order valence-corrected chi connectivity index (χ0v) is 19.7. The molecular weight excluding hydrogens is 409 g/mol. The third-order valence-corrected chi connectivity index (χ3v) is 5.93. The molecule has 0 radical (unpaired) electrons. The summed E-state index contributed by atoms with van der Waals surface area (Å²) in [6, 6.07) is 6.54. The first-order valence-electron chi connectivity index (χ1n) is 11.4. The Balaban J connectivity index is 2.14. The van der Waals surface area contributed by atoms with Crippen LogP contribution >= 0.6 is 0 Å². The number of carbonyl (C=O) groups excluding carboxylic acids is 1. The van der Waals surface area contributed by atoms with Crippen LogP contribution in [0.5, 0.6) is 0 Å². The molecule has 5 nitrogen and oxygen atoms in total. The molecule has 2 aromatic rings. The summed E-state index contributed by atoms with van der Waals surface area (Å²) in [4.78, 5) is 16.9. The van der Waals surface area contributed by atoms with Crippen LogP contribution in [0.4, 0.5) is 4.39 Å². The normalized spacial score (nSPS) is 19.0. The van der Waals surface area contributed by atoms with Gasteiger partial charge in [-0.05, 0) is 53.5 Å². The fraction of sp³-hybridized carbons (Fsp3) is 0.538. The number of methoxy groups -OCH3 is 1. The lowest BCUT2D eigenvalue weighted by Crippen LogP contribution is -2.33. The van der Waals surface area contributed by atoms with Crippen molar-refractivity contribution in [1.29, 1.82) is 0 Å². The Bertz CT molecular complexity index is 940. The van der Waals surface area contributed by atoms with E-state index in [9.17, 15) is 14.3 Å². The number of aromatic nitrogens is 1. The van der Waals surface area contributed by atoms with Gasteiger partial charge in [0.05, 0.1) is 19.1 Å². The molecule has 0 bridgehead atoms. The van der Waals surface area contributed by atoms with E-state index in [0.717, 1.165) is 33.6 Å². The maximum Gasteiger partial charge on any atom is 0.308 e. The predicted octanol–water partition coefficient (Wildman–Crippen LogP) is 5.28. The number of hydrogen-bond acceptors (Lipinski definition) is 5. The molecule has 1 aromatic heterocycles. The zero-order chi connectivity index (χ0) is 23.4. The highest BCUT2D eigenvalue weighted by Crippen LogP contribution is 2.38. The molecule has 3 rings (SSSR count). The summed E-state index contributed by atoms with van der Waals surface area (Å²) >= 11 is 0. The number of carbonyl (C=O) groups is 1. The minimum atomic E-state index is -0.659. The van der Waals surface area contributed by atoms with E-state index in [1.807, 2.05) is 0 Å². The molecule has 2 atom stereocenters. The molecule has 1 fully saturated rings. The quantitative estimate of drug-likeness (QED) is 0.562. The van der Waals surface area contributed by atoms with E-state index in [0.29, 0.717) is 25.9 Å². The summed E-state index contributed by atoms with van der Waals surface area (Å²) in [5, 5.41) is 9.99. The molecule has 1 aliphatic heterocycles. The monoisotopic (exact) mass is 443 g/mol. The first kappa shape index (κ1) is 24.3. The molecule has 174 valence electrons. The van der Waals surface area contributed by atoms with Crippen molar-refractivity contribution in [3.63, 3.8) is 0 Å². The molecular formula is C26H34FNO4. The number of pyridine rings is 1. The van der Waals surface area contributed by atoms with Crippen LogP contribution in [0, 0.1) is 5.82 Å². The van der Waals surface area contributed by atoms with Crippen molar-refractivity contribution in [2.75, 3.05) is 7.11 Å². The Morgan fingerprint density at radius 3 is 2.31 bits per heavy atom. The third-order valence-electron chi connectivity index (χ3n) is 5.93. The van der Waals surface area contributed by atoms with Crippen molar-refractivity contribution in [1.82, 2.24) is 4.98 Å². The summed E-state index contributed by atoms with van der Waals surface area (Å²) in [6.45, 7) is 8.86. The van der Waals surface area contributed by atoms with Crippen LogP contribution in [0.15, 0.2) is 24.3 Å². The van der Waals surface area contributed by atoms with Crippen LogP contribution in [0.1, 0.15) is 81.3 Å². The van der Waals surface area contributed by atoms with Crippen LogP contribution < -0.4 is 0 Å². The van der Waals surface area contributed by atoms with Crippen LogP contribution in [0.3, 0.4) is 0 Å². The molecule has 1 saturated heterocycles. The van der Waals surface area contributed by atoms with Crippen LogP contribution in [-0.2, 0) is 27.3 Å². The number of rotatable bonds is 8. The van der Waals surface area contributed by atoms with Crippen LogP contribution in [0.25, 0.3) is 11.1 Å². The van der Waals surface area contributed by atoms with E-state index < -0.39 is 6.10 Å². The number of halogens is 1. The fourth-order valence-electron chi connectivity index (χ4n) is 4.51. The van der Waals surface area contributed by atoms with Crippen molar-refractivity contribution in [3.05, 3.63) is 52.6 Å². The van der Waals surface area contributed by atoms with Gasteiger partial charge in [-0.1, -0.05) is 39.8 Å². The van der Waals surface area contributed by atoms with Gasteiger partial charge in [-0.2, -0.15) is 0 Å². The Labute approximate surface area is 190 Å². The Morgan fingerprint density at radius 1 is 1.12 bits per heavy atom. The number of esters is 1. The number of ether oxygens (including phenoxy) is 2. The van der Waals surface area contributed by atoms with Crippen molar-refractivity contribution in [3.8, 4) is 11.1 Å². The van der Waals surface area contributed by atoms with Gasteiger partial charge in [-0.3, -0.25) is 9.78 Å². The maximum atomic E-state index is 13.7. The van der Waals surface area contributed by atoms with E-state index in [4.69, 9.17) is 14.5 Å². The summed E-state index contributed by atoms with van der Waals surface area (Å²) in [5.41, 5.74) is 6.00. The number of hydrogen-bond donors (Lipinski definition) is 1. The number of benzene rings is 1. The number of nitrogens with zero attached hydrogens (tertiary/aromatic N) is 1. The molecule has 1 N–H and O–H groups in total. The van der Waals surface area contributed by atoms with Gasteiger partial charge >= 0.3 is 5.97 Å². The highest BCUT2D eigenvalue weighted by Gasteiger charge is 2.29. The standard InChI is InChI=1S/C26H34FNO4/c1-15(2)25-21(11-10-20-12-19(29)13-23(30)32-20)24(17-6-8-18(27)9-7-17)22(14-31-5)26(28-25)16(3)4/h6-9,15-16,19-20,29H,10-14H2,1-5H3/t19-,20-/m1/s1. The topological polar surface area (TPSA) is 68.7 Å². The van der Waals surface area contributed by atoms with Crippen molar-refractivity contribution in [2.45, 2.75) is 84.0 Å². The summed E-state index contributed by atoms with van der Waals surface area (Å²) < 4.78 is 24.8. The predicted molar refractivity (Wildman–Crippen MR) is 122 cm³/mol. The lowest BCUT2D eigenvalue weighted by atomic mass is 9.85. The highest BCUT2D eigenvalue weighted by atomic mass is 19.1. The SMILES string of the molecule is COCc1c(C(C)C)nc(C(C)C)c(CC[C@@H]2C[C@@H](O)CC(=O)O2)c1-c1ccc(F)cc1. The Morgan fingerprint density at radius 2 is 1.75 bits per heavy atom. The molecule has 1 aliphatic rings. The average Bonchev–Trinajstić information content (AvgIpc) is 2.72. The van der Waals surface area contributed by atoms with E-state index in [2.05, 4.69) is 27.7 Å².